The second-order valence-electron chi connectivity index (χ2n) is 5.72. The molecule has 3 rings (SSSR count). The van der Waals surface area contributed by atoms with Crippen LogP contribution in [-0.4, -0.2) is 29.2 Å². The Morgan fingerprint density at radius 2 is 2.25 bits per heavy atom. The van der Waals surface area contributed by atoms with Gasteiger partial charge in [0.1, 0.15) is 0 Å². The highest BCUT2D eigenvalue weighted by Gasteiger charge is 2.16. The Morgan fingerprint density at radius 1 is 1.42 bits per heavy atom. The van der Waals surface area contributed by atoms with E-state index in [0.29, 0.717) is 41.6 Å². The van der Waals surface area contributed by atoms with E-state index in [9.17, 15) is 0 Å². The highest BCUT2D eigenvalue weighted by molar-refractivity contribution is 14.0. The molecule has 0 radical (unpaired) electrons. The number of nitrogens with zero attached hydrogens (tertiary/aromatic N) is 3. The van der Waals surface area contributed by atoms with Crippen molar-refractivity contribution in [1.29, 1.82) is 0 Å². The van der Waals surface area contributed by atoms with E-state index in [-0.39, 0.29) is 24.0 Å². The molecular formula is C16H21ClIN5O. The molecule has 0 aliphatic heterocycles. The SMILES string of the molecule is I.NC(=NCC1CCC1)NCCc1nc(-c2cccc(Cl)c2)no1. The van der Waals surface area contributed by atoms with Crippen molar-refractivity contribution in [2.24, 2.45) is 16.6 Å². The highest BCUT2D eigenvalue weighted by Crippen LogP contribution is 2.26. The molecule has 1 aromatic heterocycles. The summed E-state index contributed by atoms with van der Waals surface area (Å²) < 4.78 is 5.24. The van der Waals surface area contributed by atoms with Gasteiger partial charge >= 0.3 is 0 Å². The van der Waals surface area contributed by atoms with Crippen LogP contribution in [0, 0.1) is 5.92 Å². The van der Waals surface area contributed by atoms with Gasteiger partial charge < -0.3 is 15.6 Å². The number of rotatable bonds is 6. The number of halogens is 2. The van der Waals surface area contributed by atoms with Crippen molar-refractivity contribution in [2.75, 3.05) is 13.1 Å². The third-order valence-electron chi connectivity index (χ3n) is 3.94. The average molecular weight is 462 g/mol. The van der Waals surface area contributed by atoms with Crippen LogP contribution in [0.1, 0.15) is 25.2 Å². The van der Waals surface area contributed by atoms with Crippen LogP contribution in [0.25, 0.3) is 11.4 Å². The molecule has 1 saturated carbocycles. The summed E-state index contributed by atoms with van der Waals surface area (Å²) in [5.41, 5.74) is 6.67. The zero-order valence-electron chi connectivity index (χ0n) is 13.2. The lowest BCUT2D eigenvalue weighted by Gasteiger charge is -2.23. The van der Waals surface area contributed by atoms with Gasteiger partial charge in [0.05, 0.1) is 0 Å². The fourth-order valence-electron chi connectivity index (χ4n) is 2.36. The molecule has 130 valence electrons. The first-order valence-electron chi connectivity index (χ1n) is 7.83. The molecule has 1 heterocycles. The van der Waals surface area contributed by atoms with E-state index in [1.165, 1.54) is 19.3 Å². The average Bonchev–Trinajstić information content (AvgIpc) is 2.94. The minimum Gasteiger partial charge on any atom is -0.370 e. The molecule has 1 fully saturated rings. The minimum absolute atomic E-state index is 0. The number of benzene rings is 1. The van der Waals surface area contributed by atoms with Gasteiger partial charge in [0.25, 0.3) is 0 Å². The van der Waals surface area contributed by atoms with Crippen molar-refractivity contribution in [2.45, 2.75) is 25.7 Å². The number of hydrogen-bond donors (Lipinski definition) is 2. The molecule has 0 atom stereocenters. The van der Waals surface area contributed by atoms with Gasteiger partial charge in [-0.2, -0.15) is 4.98 Å². The summed E-state index contributed by atoms with van der Waals surface area (Å²) in [6.07, 6.45) is 4.45. The van der Waals surface area contributed by atoms with E-state index in [0.717, 1.165) is 12.1 Å². The van der Waals surface area contributed by atoms with Crippen molar-refractivity contribution >= 4 is 41.5 Å². The van der Waals surface area contributed by atoms with E-state index >= 15 is 0 Å². The smallest absolute Gasteiger partial charge is 0.228 e. The van der Waals surface area contributed by atoms with Gasteiger partial charge in [0.15, 0.2) is 5.96 Å². The molecule has 0 saturated heterocycles. The van der Waals surface area contributed by atoms with Crippen LogP contribution < -0.4 is 11.1 Å². The van der Waals surface area contributed by atoms with Crippen molar-refractivity contribution in [3.63, 3.8) is 0 Å². The zero-order valence-corrected chi connectivity index (χ0v) is 16.3. The van der Waals surface area contributed by atoms with Crippen LogP contribution in [-0.2, 0) is 6.42 Å². The van der Waals surface area contributed by atoms with Crippen LogP contribution in [0.15, 0.2) is 33.8 Å². The van der Waals surface area contributed by atoms with E-state index < -0.39 is 0 Å². The first-order chi connectivity index (χ1) is 11.2. The molecule has 0 bridgehead atoms. The summed E-state index contributed by atoms with van der Waals surface area (Å²) in [6, 6.07) is 7.36. The number of nitrogens with one attached hydrogen (secondary N) is 1. The summed E-state index contributed by atoms with van der Waals surface area (Å²) >= 11 is 5.96. The van der Waals surface area contributed by atoms with Gasteiger partial charge in [0.2, 0.25) is 11.7 Å². The van der Waals surface area contributed by atoms with Gasteiger partial charge in [-0.05, 0) is 30.9 Å². The van der Waals surface area contributed by atoms with Crippen LogP contribution in [0.4, 0.5) is 0 Å². The molecular weight excluding hydrogens is 441 g/mol. The molecule has 1 aliphatic carbocycles. The first kappa shape index (κ1) is 19.0. The molecule has 1 aliphatic rings. The Kier molecular flexibility index (Phi) is 7.29. The first-order valence-corrected chi connectivity index (χ1v) is 8.21. The quantitative estimate of drug-likeness (QED) is 0.392. The van der Waals surface area contributed by atoms with Crippen molar-refractivity contribution in [3.8, 4) is 11.4 Å². The molecule has 8 heteroatoms. The molecule has 24 heavy (non-hydrogen) atoms. The van der Waals surface area contributed by atoms with E-state index in [4.69, 9.17) is 21.9 Å². The Balaban J connectivity index is 0.00000208. The number of aliphatic imine (C=N–C) groups is 1. The fourth-order valence-corrected chi connectivity index (χ4v) is 2.55. The molecule has 0 amide bonds. The second-order valence-corrected chi connectivity index (χ2v) is 6.16. The predicted octanol–water partition coefficient (Wildman–Crippen LogP) is 3.25. The topological polar surface area (TPSA) is 89.3 Å². The van der Waals surface area contributed by atoms with E-state index in [2.05, 4.69) is 20.4 Å². The van der Waals surface area contributed by atoms with E-state index in [1.54, 1.807) is 6.07 Å². The monoisotopic (exact) mass is 461 g/mol. The lowest BCUT2D eigenvalue weighted by molar-refractivity contribution is 0.326. The minimum atomic E-state index is 0. The summed E-state index contributed by atoms with van der Waals surface area (Å²) in [5.74, 6) is 2.28. The number of guanidine groups is 1. The Hall–Kier alpha value is -1.35. The van der Waals surface area contributed by atoms with Crippen LogP contribution in [0.2, 0.25) is 5.02 Å². The predicted molar refractivity (Wildman–Crippen MR) is 106 cm³/mol. The lowest BCUT2D eigenvalue weighted by atomic mass is 9.86. The van der Waals surface area contributed by atoms with Gasteiger partial charge in [-0.3, -0.25) is 4.99 Å². The molecule has 1 aromatic carbocycles. The summed E-state index contributed by atoms with van der Waals surface area (Å²) in [6.45, 7) is 1.43. The molecule has 2 aromatic rings. The number of hydrogen-bond acceptors (Lipinski definition) is 4. The van der Waals surface area contributed by atoms with Crippen molar-refractivity contribution < 1.29 is 4.52 Å². The summed E-state index contributed by atoms with van der Waals surface area (Å²) in [4.78, 5) is 8.70. The maximum absolute atomic E-state index is 5.96. The van der Waals surface area contributed by atoms with Crippen molar-refractivity contribution in [3.05, 3.63) is 35.2 Å². The third kappa shape index (κ3) is 5.34. The van der Waals surface area contributed by atoms with Gasteiger partial charge in [-0.15, -0.1) is 24.0 Å². The van der Waals surface area contributed by atoms with Gasteiger partial charge in [-0.1, -0.05) is 35.3 Å². The second kappa shape index (κ2) is 9.22. The molecule has 3 N–H and O–H groups in total. The Morgan fingerprint density at radius 3 is 2.96 bits per heavy atom. The number of nitrogens with two attached hydrogens (primary N) is 1. The standard InChI is InChI=1S/C16H20ClN5O.HI/c17-13-6-2-5-12(9-13)15-21-14(23-22-15)7-8-19-16(18)20-10-11-3-1-4-11;/h2,5-6,9,11H,1,3-4,7-8,10H2,(H3,18,19,20);1H. The molecule has 0 unspecified atom stereocenters. The van der Waals surface area contributed by atoms with Crippen LogP contribution >= 0.6 is 35.6 Å². The normalized spacial score (nSPS) is 14.8. The summed E-state index contributed by atoms with van der Waals surface area (Å²) in [5, 5.41) is 7.69. The number of aromatic nitrogens is 2. The highest BCUT2D eigenvalue weighted by atomic mass is 127. The molecule has 0 spiro atoms. The Labute approximate surface area is 163 Å². The largest absolute Gasteiger partial charge is 0.370 e. The third-order valence-corrected chi connectivity index (χ3v) is 4.18. The van der Waals surface area contributed by atoms with E-state index in [1.807, 2.05) is 18.2 Å². The summed E-state index contributed by atoms with van der Waals surface area (Å²) in [7, 11) is 0. The lowest BCUT2D eigenvalue weighted by Crippen LogP contribution is -2.34. The maximum atomic E-state index is 5.96. The maximum Gasteiger partial charge on any atom is 0.228 e. The fraction of sp³-hybridized carbons (Fsp3) is 0.438. The van der Waals surface area contributed by atoms with Gasteiger partial charge in [0, 0.05) is 30.1 Å². The zero-order chi connectivity index (χ0) is 16.1. The molecule has 6 nitrogen and oxygen atoms in total. The van der Waals surface area contributed by atoms with Crippen molar-refractivity contribution in [1.82, 2.24) is 15.5 Å². The Bertz CT molecular complexity index is 687. The van der Waals surface area contributed by atoms with Crippen LogP contribution in [0.5, 0.6) is 0 Å². The van der Waals surface area contributed by atoms with Crippen LogP contribution in [0.3, 0.4) is 0 Å². The van der Waals surface area contributed by atoms with Gasteiger partial charge in [-0.25, -0.2) is 0 Å².